The molecule has 3 nitrogen and oxygen atoms in total. The third kappa shape index (κ3) is 1.74. The molecule has 2 atom stereocenters. The van der Waals surface area contributed by atoms with E-state index in [1.54, 1.807) is 0 Å². The molecule has 4 heteroatoms. The van der Waals surface area contributed by atoms with Crippen molar-refractivity contribution in [1.29, 1.82) is 0 Å². The summed E-state index contributed by atoms with van der Waals surface area (Å²) in [6.45, 7) is 1.94. The van der Waals surface area contributed by atoms with Gasteiger partial charge in [0.25, 0.3) is 0 Å². The van der Waals surface area contributed by atoms with Crippen LogP contribution in [-0.2, 0) is 0 Å². The van der Waals surface area contributed by atoms with Crippen molar-refractivity contribution in [2.45, 2.75) is 25.1 Å². The Morgan fingerprint density at radius 3 is 2.69 bits per heavy atom. The van der Waals surface area contributed by atoms with Gasteiger partial charge in [0.15, 0.2) is 0 Å². The van der Waals surface area contributed by atoms with Crippen LogP contribution in [0.3, 0.4) is 0 Å². The molecule has 13 heavy (non-hydrogen) atoms. The molecule has 2 N–H and O–H groups in total. The molecule has 68 valence electrons. The SMILES string of the molecule is Cc1ccc([C@@H]2C[C@H]2B(O)O)cn1. The van der Waals surface area contributed by atoms with E-state index in [9.17, 15) is 0 Å². The van der Waals surface area contributed by atoms with Gasteiger partial charge in [-0.1, -0.05) is 6.07 Å². The van der Waals surface area contributed by atoms with Gasteiger partial charge in [0, 0.05) is 17.7 Å². The molecular formula is C9H12BNO2. The molecule has 0 bridgehead atoms. The number of pyridine rings is 1. The topological polar surface area (TPSA) is 53.4 Å². The summed E-state index contributed by atoms with van der Waals surface area (Å²) in [4.78, 5) is 4.17. The molecule has 1 aliphatic rings. The van der Waals surface area contributed by atoms with Crippen molar-refractivity contribution in [3.05, 3.63) is 29.6 Å². The smallest absolute Gasteiger partial charge is 0.427 e. The summed E-state index contributed by atoms with van der Waals surface area (Å²) in [6.07, 6.45) is 2.69. The minimum Gasteiger partial charge on any atom is -0.427 e. The largest absolute Gasteiger partial charge is 0.455 e. The van der Waals surface area contributed by atoms with Gasteiger partial charge in [0.2, 0.25) is 0 Å². The van der Waals surface area contributed by atoms with E-state index in [2.05, 4.69) is 4.98 Å². The van der Waals surface area contributed by atoms with E-state index in [0.717, 1.165) is 17.7 Å². The minimum absolute atomic E-state index is 0.0181. The highest BCUT2D eigenvalue weighted by Crippen LogP contribution is 2.53. The van der Waals surface area contributed by atoms with Gasteiger partial charge in [-0.05, 0) is 30.9 Å². The molecule has 1 aliphatic carbocycles. The Hall–Kier alpha value is -0.865. The van der Waals surface area contributed by atoms with Gasteiger partial charge in [0.05, 0.1) is 0 Å². The second-order valence-corrected chi connectivity index (χ2v) is 3.65. The Morgan fingerprint density at radius 2 is 2.23 bits per heavy atom. The Bertz CT molecular complexity index is 299. The second kappa shape index (κ2) is 3.12. The van der Waals surface area contributed by atoms with Gasteiger partial charge in [-0.15, -0.1) is 0 Å². The molecule has 2 rings (SSSR count). The standard InChI is InChI=1S/C9H12BNO2/c1-6-2-3-7(5-11-6)8-4-9(8)10(12)13/h2-3,5,8-9,12-13H,4H2,1H3/t8-,9+/m0/s1. The zero-order valence-electron chi connectivity index (χ0n) is 7.51. The fourth-order valence-electron chi connectivity index (χ4n) is 1.63. The molecule has 0 spiro atoms. The number of aromatic nitrogens is 1. The summed E-state index contributed by atoms with van der Waals surface area (Å²) in [5, 5.41) is 17.8. The van der Waals surface area contributed by atoms with Gasteiger partial charge in [0.1, 0.15) is 0 Å². The number of rotatable bonds is 2. The first-order valence-electron chi connectivity index (χ1n) is 4.47. The van der Waals surface area contributed by atoms with Gasteiger partial charge in [-0.2, -0.15) is 0 Å². The number of nitrogens with zero attached hydrogens (tertiary/aromatic N) is 1. The van der Waals surface area contributed by atoms with Crippen LogP contribution >= 0.6 is 0 Å². The molecule has 1 fully saturated rings. The zero-order valence-corrected chi connectivity index (χ0v) is 7.51. The molecular weight excluding hydrogens is 165 g/mol. The van der Waals surface area contributed by atoms with Crippen LogP contribution in [0.25, 0.3) is 0 Å². The monoisotopic (exact) mass is 177 g/mol. The molecule has 0 saturated heterocycles. The van der Waals surface area contributed by atoms with Crippen LogP contribution in [-0.4, -0.2) is 22.2 Å². The van der Waals surface area contributed by atoms with E-state index < -0.39 is 7.12 Å². The van der Waals surface area contributed by atoms with Gasteiger partial charge in [-0.3, -0.25) is 4.98 Å². The molecule has 1 heterocycles. The first-order valence-corrected chi connectivity index (χ1v) is 4.47. The van der Waals surface area contributed by atoms with Gasteiger partial charge < -0.3 is 10.0 Å². The molecule has 1 saturated carbocycles. The molecule has 0 unspecified atom stereocenters. The van der Waals surface area contributed by atoms with E-state index in [1.165, 1.54) is 0 Å². The van der Waals surface area contributed by atoms with Crippen LogP contribution in [0.1, 0.15) is 23.6 Å². The number of aryl methyl sites for hydroxylation is 1. The molecule has 0 aromatic carbocycles. The lowest BCUT2D eigenvalue weighted by atomic mass is 9.81. The van der Waals surface area contributed by atoms with Crippen molar-refractivity contribution in [2.75, 3.05) is 0 Å². The first kappa shape index (κ1) is 8.72. The zero-order chi connectivity index (χ0) is 9.42. The lowest BCUT2D eigenvalue weighted by molar-refractivity contribution is 0.402. The predicted molar refractivity (Wildman–Crippen MR) is 50.3 cm³/mol. The van der Waals surface area contributed by atoms with Crippen LogP contribution in [0.15, 0.2) is 18.3 Å². The molecule has 0 radical (unpaired) electrons. The predicted octanol–water partition coefficient (Wildman–Crippen LogP) is 0.720. The van der Waals surface area contributed by atoms with Crippen molar-refractivity contribution >= 4 is 7.12 Å². The summed E-state index contributed by atoms with van der Waals surface area (Å²) in [5.41, 5.74) is 2.11. The Labute approximate surface area is 77.6 Å². The third-order valence-electron chi connectivity index (χ3n) is 2.59. The third-order valence-corrected chi connectivity index (χ3v) is 2.59. The van der Waals surface area contributed by atoms with Crippen LogP contribution in [0, 0.1) is 6.92 Å². The highest BCUT2D eigenvalue weighted by molar-refractivity contribution is 6.44. The summed E-state index contributed by atoms with van der Waals surface area (Å²) in [6, 6.07) is 3.96. The molecule has 1 aromatic rings. The summed E-state index contributed by atoms with van der Waals surface area (Å²) in [7, 11) is -1.17. The lowest BCUT2D eigenvalue weighted by Gasteiger charge is -1.99. The average molecular weight is 177 g/mol. The fourth-order valence-corrected chi connectivity index (χ4v) is 1.63. The van der Waals surface area contributed by atoms with E-state index in [1.807, 2.05) is 25.3 Å². The normalized spacial score (nSPS) is 25.8. The van der Waals surface area contributed by atoms with Crippen molar-refractivity contribution in [3.63, 3.8) is 0 Å². The summed E-state index contributed by atoms with van der Waals surface area (Å²) >= 11 is 0. The molecule has 0 aliphatic heterocycles. The first-order chi connectivity index (χ1) is 6.18. The average Bonchev–Trinajstić information content (AvgIpc) is 2.85. The van der Waals surface area contributed by atoms with Crippen LogP contribution in [0.2, 0.25) is 5.82 Å². The number of hydrogen-bond donors (Lipinski definition) is 2. The maximum atomic E-state index is 8.91. The van der Waals surface area contributed by atoms with Gasteiger partial charge in [-0.25, -0.2) is 0 Å². The van der Waals surface area contributed by atoms with Crippen LogP contribution in [0.5, 0.6) is 0 Å². The Morgan fingerprint density at radius 1 is 1.46 bits per heavy atom. The van der Waals surface area contributed by atoms with Crippen molar-refractivity contribution in [3.8, 4) is 0 Å². The Kier molecular flexibility index (Phi) is 2.10. The summed E-state index contributed by atoms with van der Waals surface area (Å²) in [5.74, 6) is 0.317. The fraction of sp³-hybridized carbons (Fsp3) is 0.444. The van der Waals surface area contributed by atoms with Crippen molar-refractivity contribution in [2.24, 2.45) is 0 Å². The maximum Gasteiger partial charge on any atom is 0.455 e. The van der Waals surface area contributed by atoms with Crippen molar-refractivity contribution < 1.29 is 10.0 Å². The second-order valence-electron chi connectivity index (χ2n) is 3.65. The van der Waals surface area contributed by atoms with Crippen LogP contribution in [0.4, 0.5) is 0 Å². The summed E-state index contributed by atoms with van der Waals surface area (Å²) < 4.78 is 0. The Balaban J connectivity index is 2.08. The maximum absolute atomic E-state index is 8.91. The van der Waals surface area contributed by atoms with Gasteiger partial charge >= 0.3 is 7.12 Å². The quantitative estimate of drug-likeness (QED) is 0.654. The highest BCUT2D eigenvalue weighted by Gasteiger charge is 2.46. The van der Waals surface area contributed by atoms with E-state index in [4.69, 9.17) is 10.0 Å². The number of hydrogen-bond acceptors (Lipinski definition) is 3. The van der Waals surface area contributed by atoms with E-state index in [-0.39, 0.29) is 5.82 Å². The molecule has 1 aromatic heterocycles. The lowest BCUT2D eigenvalue weighted by Crippen LogP contribution is -2.11. The minimum atomic E-state index is -1.17. The highest BCUT2D eigenvalue weighted by atomic mass is 16.4. The van der Waals surface area contributed by atoms with Crippen LogP contribution < -0.4 is 0 Å². The van der Waals surface area contributed by atoms with E-state index in [0.29, 0.717) is 5.92 Å². The van der Waals surface area contributed by atoms with Crippen molar-refractivity contribution in [1.82, 2.24) is 4.98 Å². The van der Waals surface area contributed by atoms with E-state index >= 15 is 0 Å². The molecule has 0 amide bonds.